The first-order valence-electron chi connectivity index (χ1n) is 12.3. The van der Waals surface area contributed by atoms with Crippen LogP contribution in [0, 0.1) is 5.92 Å². The molecule has 0 saturated heterocycles. The van der Waals surface area contributed by atoms with E-state index >= 15 is 0 Å². The first kappa shape index (κ1) is 25.6. The fourth-order valence-corrected chi connectivity index (χ4v) is 4.28. The molecule has 0 bridgehead atoms. The molecule has 0 aliphatic heterocycles. The maximum atomic E-state index is 13.5. The smallest absolute Gasteiger partial charge is 0.326 e. The van der Waals surface area contributed by atoms with Crippen LogP contribution in [-0.4, -0.2) is 27.2 Å². The summed E-state index contributed by atoms with van der Waals surface area (Å²) >= 11 is 0. The Kier molecular flexibility index (Phi) is 7.26. The van der Waals surface area contributed by atoms with Crippen molar-refractivity contribution in [3.05, 3.63) is 107 Å². The van der Waals surface area contributed by atoms with Crippen LogP contribution < -0.4 is 16.4 Å². The number of hydrogen-bond acceptors (Lipinski definition) is 5. The van der Waals surface area contributed by atoms with Gasteiger partial charge in [-0.25, -0.2) is 4.68 Å². The fourth-order valence-electron chi connectivity index (χ4n) is 4.28. The Morgan fingerprint density at radius 1 is 1.03 bits per heavy atom. The second-order valence-electron chi connectivity index (χ2n) is 9.34. The van der Waals surface area contributed by atoms with Gasteiger partial charge >= 0.3 is 6.18 Å². The number of hydrogen-bond donors (Lipinski definition) is 3. The molecule has 1 aliphatic carbocycles. The number of anilines is 1. The molecule has 1 amide bonds. The standard InChI is InChI=1S/C28H27F3N6O/c29-28(30,31)25-15-24(37(36-25)23-6-1-3-19(13-23)16-32)27(38)35-22-5-2-4-21(14-22)26(34-17-18-7-8-18)20-9-11-33-12-10-20/h1-6,9-15,18,26,34H,7-8,16-17,32H2,(H,35,38). The SMILES string of the molecule is NCc1cccc(-n2nc(C(F)(F)F)cc2C(=O)Nc2cccc(C(NCC3CC3)c3ccncc3)c2)c1. The van der Waals surface area contributed by atoms with Crippen LogP contribution in [0.1, 0.15) is 51.8 Å². The van der Waals surface area contributed by atoms with Gasteiger partial charge in [0.1, 0.15) is 5.69 Å². The number of aromatic nitrogens is 3. The summed E-state index contributed by atoms with van der Waals surface area (Å²) in [5.41, 5.74) is 7.70. The molecule has 2 heterocycles. The summed E-state index contributed by atoms with van der Waals surface area (Å²) in [7, 11) is 0. The van der Waals surface area contributed by atoms with Gasteiger partial charge in [0.25, 0.3) is 5.91 Å². The van der Waals surface area contributed by atoms with Crippen molar-refractivity contribution in [2.45, 2.75) is 31.6 Å². The molecule has 10 heteroatoms. The van der Waals surface area contributed by atoms with E-state index in [1.54, 1.807) is 48.8 Å². The summed E-state index contributed by atoms with van der Waals surface area (Å²) < 4.78 is 41.6. The molecule has 38 heavy (non-hydrogen) atoms. The molecule has 1 fully saturated rings. The lowest BCUT2D eigenvalue weighted by molar-refractivity contribution is -0.141. The van der Waals surface area contributed by atoms with Crippen LogP contribution >= 0.6 is 0 Å². The molecule has 4 aromatic rings. The molecule has 4 N–H and O–H groups in total. The maximum Gasteiger partial charge on any atom is 0.435 e. The number of amides is 1. The lowest BCUT2D eigenvalue weighted by Crippen LogP contribution is -2.25. The van der Waals surface area contributed by atoms with Crippen molar-refractivity contribution in [1.82, 2.24) is 20.1 Å². The highest BCUT2D eigenvalue weighted by Gasteiger charge is 2.36. The highest BCUT2D eigenvalue weighted by molar-refractivity contribution is 6.03. The van der Waals surface area contributed by atoms with Crippen LogP contribution in [0.25, 0.3) is 5.69 Å². The molecule has 0 radical (unpaired) electrons. The van der Waals surface area contributed by atoms with Crippen molar-refractivity contribution in [2.24, 2.45) is 11.7 Å². The molecule has 196 valence electrons. The average molecular weight is 521 g/mol. The molecule has 5 rings (SSSR count). The van der Waals surface area contributed by atoms with Gasteiger partial charge in [0, 0.05) is 30.7 Å². The number of carbonyl (C=O) groups excluding carboxylic acids is 1. The summed E-state index contributed by atoms with van der Waals surface area (Å²) in [6, 6.07) is 18.4. The lowest BCUT2D eigenvalue weighted by Gasteiger charge is -2.20. The molecule has 7 nitrogen and oxygen atoms in total. The van der Waals surface area contributed by atoms with Crippen molar-refractivity contribution >= 4 is 11.6 Å². The van der Waals surface area contributed by atoms with Crippen LogP contribution in [0.4, 0.5) is 18.9 Å². The summed E-state index contributed by atoms with van der Waals surface area (Å²) in [5.74, 6) is -0.0576. The third kappa shape index (κ3) is 5.92. The Balaban J connectivity index is 1.44. The number of nitrogens with two attached hydrogens (primary N) is 1. The van der Waals surface area contributed by atoms with Gasteiger partial charge in [0.05, 0.1) is 11.7 Å². The van der Waals surface area contributed by atoms with Crippen molar-refractivity contribution in [1.29, 1.82) is 0 Å². The highest BCUT2D eigenvalue weighted by atomic mass is 19.4. The van der Waals surface area contributed by atoms with Crippen LogP contribution in [-0.2, 0) is 12.7 Å². The van der Waals surface area contributed by atoms with E-state index in [1.165, 1.54) is 12.8 Å². The topological polar surface area (TPSA) is 97.9 Å². The number of benzene rings is 2. The molecule has 1 aliphatic rings. The normalized spacial score (nSPS) is 14.3. The molecule has 0 spiro atoms. The third-order valence-electron chi connectivity index (χ3n) is 6.45. The van der Waals surface area contributed by atoms with E-state index in [9.17, 15) is 18.0 Å². The second-order valence-corrected chi connectivity index (χ2v) is 9.34. The van der Waals surface area contributed by atoms with E-state index in [2.05, 4.69) is 20.7 Å². The molecule has 1 unspecified atom stereocenters. The van der Waals surface area contributed by atoms with Gasteiger partial charge in [-0.2, -0.15) is 18.3 Å². The van der Waals surface area contributed by atoms with Gasteiger partial charge in [0.2, 0.25) is 0 Å². The number of halogens is 3. The zero-order valence-electron chi connectivity index (χ0n) is 20.4. The Labute approximate surface area is 217 Å². The second kappa shape index (κ2) is 10.8. The van der Waals surface area contributed by atoms with Crippen molar-refractivity contribution in [3.63, 3.8) is 0 Å². The van der Waals surface area contributed by atoms with Gasteiger partial charge in [0.15, 0.2) is 5.69 Å². The van der Waals surface area contributed by atoms with E-state index in [4.69, 9.17) is 5.73 Å². The van der Waals surface area contributed by atoms with E-state index in [1.807, 2.05) is 24.3 Å². The number of nitrogens with zero attached hydrogens (tertiary/aromatic N) is 3. The fraction of sp³-hybridized carbons (Fsp3) is 0.250. The number of nitrogens with one attached hydrogen (secondary N) is 2. The minimum Gasteiger partial charge on any atom is -0.326 e. The first-order valence-corrected chi connectivity index (χ1v) is 12.3. The number of alkyl halides is 3. The predicted octanol–water partition coefficient (Wildman–Crippen LogP) is 5.09. The van der Waals surface area contributed by atoms with E-state index < -0.39 is 17.8 Å². The minimum absolute atomic E-state index is 0.128. The molecule has 1 saturated carbocycles. The molecule has 1 atom stereocenters. The summed E-state index contributed by atoms with van der Waals surface area (Å²) in [6.45, 7) is 1.06. The largest absolute Gasteiger partial charge is 0.435 e. The summed E-state index contributed by atoms with van der Waals surface area (Å²) in [5, 5.41) is 10.0. The van der Waals surface area contributed by atoms with Gasteiger partial charge in [-0.1, -0.05) is 24.3 Å². The minimum atomic E-state index is -4.71. The quantitative estimate of drug-likeness (QED) is 0.286. The Morgan fingerprint density at radius 2 is 1.79 bits per heavy atom. The Bertz CT molecular complexity index is 1420. The van der Waals surface area contributed by atoms with Crippen LogP contribution in [0.2, 0.25) is 0 Å². The summed E-state index contributed by atoms with van der Waals surface area (Å²) in [4.78, 5) is 17.4. The van der Waals surface area contributed by atoms with Crippen LogP contribution in [0.3, 0.4) is 0 Å². The van der Waals surface area contributed by atoms with Gasteiger partial charge in [-0.05, 0) is 78.4 Å². The van der Waals surface area contributed by atoms with Crippen LogP contribution in [0.15, 0.2) is 79.1 Å². The Morgan fingerprint density at radius 3 is 2.50 bits per heavy atom. The molecule has 2 aromatic heterocycles. The van der Waals surface area contributed by atoms with E-state index in [0.717, 1.165) is 28.4 Å². The zero-order chi connectivity index (χ0) is 26.7. The van der Waals surface area contributed by atoms with Crippen molar-refractivity contribution < 1.29 is 18.0 Å². The molecular formula is C28H27F3N6O. The van der Waals surface area contributed by atoms with Crippen LogP contribution in [0.5, 0.6) is 0 Å². The zero-order valence-corrected chi connectivity index (χ0v) is 20.4. The number of rotatable bonds is 9. The molecular weight excluding hydrogens is 493 g/mol. The van der Waals surface area contributed by atoms with Gasteiger partial charge in [-0.15, -0.1) is 0 Å². The Hall–Kier alpha value is -4.02. The highest BCUT2D eigenvalue weighted by Crippen LogP contribution is 2.32. The van der Waals surface area contributed by atoms with Crippen molar-refractivity contribution in [3.8, 4) is 5.69 Å². The van der Waals surface area contributed by atoms with Gasteiger partial charge < -0.3 is 16.4 Å². The lowest BCUT2D eigenvalue weighted by atomic mass is 9.99. The number of pyridine rings is 1. The average Bonchev–Trinajstić information content (AvgIpc) is 3.63. The first-order chi connectivity index (χ1) is 18.3. The van der Waals surface area contributed by atoms with E-state index in [0.29, 0.717) is 22.9 Å². The third-order valence-corrected chi connectivity index (χ3v) is 6.45. The summed E-state index contributed by atoms with van der Waals surface area (Å²) in [6.07, 6.45) is 1.15. The monoisotopic (exact) mass is 520 g/mol. The van der Waals surface area contributed by atoms with Crippen molar-refractivity contribution in [2.75, 3.05) is 11.9 Å². The molecule has 2 aromatic carbocycles. The van der Waals surface area contributed by atoms with E-state index in [-0.39, 0.29) is 18.3 Å². The number of carbonyl (C=O) groups is 1. The maximum absolute atomic E-state index is 13.5. The van der Waals surface area contributed by atoms with Gasteiger partial charge in [-0.3, -0.25) is 9.78 Å². The predicted molar refractivity (Wildman–Crippen MR) is 138 cm³/mol.